The average Bonchev–Trinajstić information content (AvgIpc) is 2.26. The average molecular weight is 191 g/mol. The zero-order chi connectivity index (χ0) is 10.4. The van der Waals surface area contributed by atoms with Crippen LogP contribution >= 0.6 is 0 Å². The highest BCUT2D eigenvalue weighted by atomic mass is 16.5. The standard InChI is InChI=1S/C11H13NO2/c1-12-10-6-5-9(4-3-7-13)11(8-10)14-2/h3-8,12H,1-2H3/b4-3-. The van der Waals surface area contributed by atoms with Crippen molar-refractivity contribution in [3.63, 3.8) is 0 Å². The molecule has 0 unspecified atom stereocenters. The van der Waals surface area contributed by atoms with Crippen molar-refractivity contribution in [1.29, 1.82) is 0 Å². The van der Waals surface area contributed by atoms with E-state index in [9.17, 15) is 4.79 Å². The summed E-state index contributed by atoms with van der Waals surface area (Å²) in [6.45, 7) is 0. The van der Waals surface area contributed by atoms with Crippen LogP contribution in [-0.4, -0.2) is 20.4 Å². The quantitative estimate of drug-likeness (QED) is 0.584. The number of ether oxygens (including phenoxy) is 1. The van der Waals surface area contributed by atoms with Crippen LogP contribution in [0.25, 0.3) is 6.08 Å². The van der Waals surface area contributed by atoms with Crippen molar-refractivity contribution < 1.29 is 9.53 Å². The van der Waals surface area contributed by atoms with E-state index < -0.39 is 0 Å². The minimum Gasteiger partial charge on any atom is -0.496 e. The Morgan fingerprint density at radius 2 is 2.21 bits per heavy atom. The summed E-state index contributed by atoms with van der Waals surface area (Å²) < 4.78 is 5.18. The third-order valence-corrected chi connectivity index (χ3v) is 1.88. The third-order valence-electron chi connectivity index (χ3n) is 1.88. The Bertz CT molecular complexity index is 345. The fraction of sp³-hybridized carbons (Fsp3) is 0.182. The Morgan fingerprint density at radius 1 is 1.43 bits per heavy atom. The third kappa shape index (κ3) is 2.36. The van der Waals surface area contributed by atoms with Gasteiger partial charge in [0.1, 0.15) is 12.0 Å². The molecule has 0 aliphatic rings. The van der Waals surface area contributed by atoms with Crippen LogP contribution in [0, 0.1) is 0 Å². The Labute approximate surface area is 83.4 Å². The van der Waals surface area contributed by atoms with Crippen LogP contribution in [0.1, 0.15) is 5.56 Å². The molecule has 0 atom stereocenters. The van der Waals surface area contributed by atoms with Crippen molar-refractivity contribution in [3.05, 3.63) is 29.8 Å². The number of methoxy groups -OCH3 is 1. The highest BCUT2D eigenvalue weighted by Crippen LogP contribution is 2.23. The van der Waals surface area contributed by atoms with Gasteiger partial charge in [0.2, 0.25) is 0 Å². The number of carbonyl (C=O) groups excluding carboxylic acids is 1. The molecule has 0 bridgehead atoms. The maximum absolute atomic E-state index is 10.2. The summed E-state index contributed by atoms with van der Waals surface area (Å²) in [6.07, 6.45) is 3.90. The largest absolute Gasteiger partial charge is 0.496 e. The smallest absolute Gasteiger partial charge is 0.142 e. The normalized spacial score (nSPS) is 10.1. The van der Waals surface area contributed by atoms with E-state index in [4.69, 9.17) is 4.74 Å². The number of carbonyl (C=O) groups is 1. The van der Waals surface area contributed by atoms with Gasteiger partial charge in [-0.15, -0.1) is 0 Å². The lowest BCUT2D eigenvalue weighted by Crippen LogP contribution is -1.91. The summed E-state index contributed by atoms with van der Waals surface area (Å²) >= 11 is 0. The first-order valence-electron chi connectivity index (χ1n) is 4.29. The van der Waals surface area contributed by atoms with Crippen molar-refractivity contribution in [2.45, 2.75) is 0 Å². The molecule has 14 heavy (non-hydrogen) atoms. The fourth-order valence-corrected chi connectivity index (χ4v) is 1.15. The molecule has 0 spiro atoms. The molecule has 1 aromatic carbocycles. The Balaban J connectivity index is 3.04. The van der Waals surface area contributed by atoms with Crippen molar-refractivity contribution >= 4 is 18.0 Å². The highest BCUT2D eigenvalue weighted by molar-refractivity contribution is 5.76. The monoisotopic (exact) mass is 191 g/mol. The van der Waals surface area contributed by atoms with Gasteiger partial charge in [0, 0.05) is 24.4 Å². The van der Waals surface area contributed by atoms with Gasteiger partial charge in [-0.05, 0) is 24.3 Å². The van der Waals surface area contributed by atoms with Crippen molar-refractivity contribution in [1.82, 2.24) is 0 Å². The molecule has 3 heteroatoms. The molecular weight excluding hydrogens is 178 g/mol. The van der Waals surface area contributed by atoms with E-state index in [0.29, 0.717) is 0 Å². The lowest BCUT2D eigenvalue weighted by Gasteiger charge is -2.07. The number of anilines is 1. The van der Waals surface area contributed by atoms with Gasteiger partial charge in [0.05, 0.1) is 7.11 Å². The first-order chi connectivity index (χ1) is 6.81. The van der Waals surface area contributed by atoms with Gasteiger partial charge >= 0.3 is 0 Å². The number of nitrogens with one attached hydrogen (secondary N) is 1. The molecule has 0 aliphatic carbocycles. The maximum atomic E-state index is 10.2. The Hall–Kier alpha value is -1.77. The zero-order valence-electron chi connectivity index (χ0n) is 8.28. The summed E-state index contributed by atoms with van der Waals surface area (Å²) in [5, 5.41) is 3.01. The van der Waals surface area contributed by atoms with Gasteiger partial charge in [-0.3, -0.25) is 4.79 Å². The van der Waals surface area contributed by atoms with E-state index in [1.54, 1.807) is 13.2 Å². The summed E-state index contributed by atoms with van der Waals surface area (Å²) in [7, 11) is 3.45. The van der Waals surface area contributed by atoms with Crippen LogP contribution in [-0.2, 0) is 4.79 Å². The van der Waals surface area contributed by atoms with Crippen LogP contribution in [0.15, 0.2) is 24.3 Å². The first kappa shape index (κ1) is 10.3. The molecule has 0 saturated carbocycles. The highest BCUT2D eigenvalue weighted by Gasteiger charge is 1.99. The minimum absolute atomic E-state index is 0.741. The van der Waals surface area contributed by atoms with Gasteiger partial charge in [0.15, 0.2) is 0 Å². The van der Waals surface area contributed by atoms with Crippen molar-refractivity contribution in [3.8, 4) is 5.75 Å². The molecule has 0 aliphatic heterocycles. The summed E-state index contributed by atoms with van der Waals surface area (Å²) in [5.41, 5.74) is 1.86. The molecule has 0 heterocycles. The Morgan fingerprint density at radius 3 is 2.79 bits per heavy atom. The number of aldehydes is 1. The second-order valence-electron chi connectivity index (χ2n) is 2.70. The van der Waals surface area contributed by atoms with Gasteiger partial charge in [-0.25, -0.2) is 0 Å². The second kappa shape index (κ2) is 5.07. The van der Waals surface area contributed by atoms with E-state index in [1.807, 2.05) is 25.2 Å². The second-order valence-corrected chi connectivity index (χ2v) is 2.70. The fourth-order valence-electron chi connectivity index (χ4n) is 1.15. The van der Waals surface area contributed by atoms with Gasteiger partial charge in [-0.1, -0.05) is 0 Å². The van der Waals surface area contributed by atoms with Crippen LogP contribution in [0.4, 0.5) is 5.69 Å². The predicted molar refractivity (Wildman–Crippen MR) is 57.6 cm³/mol. The Kier molecular flexibility index (Phi) is 3.73. The number of rotatable bonds is 4. The molecule has 1 aromatic rings. The van der Waals surface area contributed by atoms with E-state index in [1.165, 1.54) is 6.08 Å². The number of hydrogen-bond acceptors (Lipinski definition) is 3. The van der Waals surface area contributed by atoms with Crippen molar-refractivity contribution in [2.24, 2.45) is 0 Å². The minimum atomic E-state index is 0.741. The molecule has 1 rings (SSSR count). The summed E-state index contributed by atoms with van der Waals surface area (Å²) in [5.74, 6) is 0.745. The lowest BCUT2D eigenvalue weighted by atomic mass is 10.1. The summed E-state index contributed by atoms with van der Waals surface area (Å²) in [4.78, 5) is 10.2. The summed E-state index contributed by atoms with van der Waals surface area (Å²) in [6, 6.07) is 5.70. The number of hydrogen-bond donors (Lipinski definition) is 1. The zero-order valence-corrected chi connectivity index (χ0v) is 8.28. The molecule has 0 fully saturated rings. The predicted octanol–water partition coefficient (Wildman–Crippen LogP) is 1.95. The van der Waals surface area contributed by atoms with Crippen LogP contribution in [0.5, 0.6) is 5.75 Å². The van der Waals surface area contributed by atoms with E-state index in [0.717, 1.165) is 23.3 Å². The van der Waals surface area contributed by atoms with Crippen LogP contribution in [0.3, 0.4) is 0 Å². The molecule has 0 amide bonds. The van der Waals surface area contributed by atoms with Gasteiger partial charge in [-0.2, -0.15) is 0 Å². The van der Waals surface area contributed by atoms with Crippen LogP contribution < -0.4 is 10.1 Å². The van der Waals surface area contributed by atoms with E-state index >= 15 is 0 Å². The van der Waals surface area contributed by atoms with Gasteiger partial charge in [0.25, 0.3) is 0 Å². The van der Waals surface area contributed by atoms with E-state index in [2.05, 4.69) is 5.32 Å². The van der Waals surface area contributed by atoms with Gasteiger partial charge < -0.3 is 10.1 Å². The topological polar surface area (TPSA) is 38.3 Å². The molecule has 0 aromatic heterocycles. The first-order valence-corrected chi connectivity index (χ1v) is 4.29. The van der Waals surface area contributed by atoms with E-state index in [-0.39, 0.29) is 0 Å². The molecule has 1 N–H and O–H groups in total. The molecule has 74 valence electrons. The molecule has 3 nitrogen and oxygen atoms in total. The SMILES string of the molecule is CNc1ccc(/C=C\C=O)c(OC)c1. The number of allylic oxidation sites excluding steroid dienone is 1. The molecule has 0 radical (unpaired) electrons. The van der Waals surface area contributed by atoms with Crippen molar-refractivity contribution in [2.75, 3.05) is 19.5 Å². The lowest BCUT2D eigenvalue weighted by molar-refractivity contribution is -0.104. The molecule has 0 saturated heterocycles. The van der Waals surface area contributed by atoms with Crippen LogP contribution in [0.2, 0.25) is 0 Å². The molecular formula is C11H13NO2. The number of benzene rings is 1. The maximum Gasteiger partial charge on any atom is 0.142 e.